The first-order valence-corrected chi connectivity index (χ1v) is 27.8. The summed E-state index contributed by atoms with van der Waals surface area (Å²) in [5, 5.41) is 41.8. The van der Waals surface area contributed by atoms with E-state index in [1.165, 1.54) is 37.1 Å². The largest absolute Gasteiger partial charge is 1.00 e. The summed E-state index contributed by atoms with van der Waals surface area (Å²) < 4.78 is 2.32. The molecular formula is C67H34I2N2. The molecule has 13 aromatic rings. The molecule has 4 heteroatoms. The smallest absolute Gasteiger partial charge is 0.0934 e. The third-order valence-electron chi connectivity index (χ3n) is 29.5. The van der Waals surface area contributed by atoms with Gasteiger partial charge in [-0.25, -0.2) is 0 Å². The molecule has 13 atom stereocenters. The molecule has 31 rings (SSSR count). The van der Waals surface area contributed by atoms with Gasteiger partial charge >= 0.3 is 0 Å². The number of likely N-dealkylation sites (N-methyl/N-ethyl adjacent to an activating group) is 2. The highest BCUT2D eigenvalue weighted by Crippen LogP contribution is 2.97. The van der Waals surface area contributed by atoms with Gasteiger partial charge in [-0.3, -0.25) is 0 Å². The first-order chi connectivity index (χ1) is 33.7. The summed E-state index contributed by atoms with van der Waals surface area (Å²) in [5.74, 6) is 4.37. The van der Waals surface area contributed by atoms with Crippen LogP contribution in [-0.2, 0) is 16.2 Å². The minimum atomic E-state index is 0. The molecule has 13 unspecified atom stereocenters. The summed E-state index contributed by atoms with van der Waals surface area (Å²) in [6, 6.07) is 3.16. The summed E-state index contributed by atoms with van der Waals surface area (Å²) in [6.07, 6.45) is 1.35. The van der Waals surface area contributed by atoms with E-state index in [2.05, 4.69) is 41.2 Å². The van der Waals surface area contributed by atoms with Crippen LogP contribution in [0.1, 0.15) is 132 Å². The van der Waals surface area contributed by atoms with E-state index in [4.69, 9.17) is 0 Å². The number of allylic oxidation sites excluding steroid dienone is 1. The van der Waals surface area contributed by atoms with Crippen LogP contribution in [0.3, 0.4) is 0 Å². The van der Waals surface area contributed by atoms with Crippen molar-refractivity contribution in [3.8, 4) is 11.1 Å². The Labute approximate surface area is 436 Å². The van der Waals surface area contributed by atoms with E-state index in [-0.39, 0.29) is 75.0 Å². The fraction of sp³-hybridized carbons (Fsp3) is 0.343. The van der Waals surface area contributed by atoms with Crippen molar-refractivity contribution in [1.82, 2.24) is 0 Å². The number of benzene rings is 10. The Morgan fingerprint density at radius 2 is 1.18 bits per heavy atom. The van der Waals surface area contributed by atoms with E-state index in [1.807, 2.05) is 176 Å². The fourth-order valence-electron chi connectivity index (χ4n) is 30.8. The number of nitrogens with zero attached hydrogens (tertiary/aromatic N) is 2. The van der Waals surface area contributed by atoms with Gasteiger partial charge in [0.25, 0.3) is 0 Å². The number of fused-ring (bicyclic) bond motifs is 1. The lowest BCUT2D eigenvalue weighted by atomic mass is 9.26. The average molecular weight is 1120 g/mol. The van der Waals surface area contributed by atoms with Crippen LogP contribution in [0.2, 0.25) is 0 Å². The second-order valence-electron chi connectivity index (χ2n) is 30.5. The molecular weight excluding hydrogens is 1090 g/mol. The highest BCUT2D eigenvalue weighted by molar-refractivity contribution is 6.65. The second-order valence-corrected chi connectivity index (χ2v) is 30.5. The zero-order valence-electron chi connectivity index (χ0n) is 39.4. The lowest BCUT2D eigenvalue weighted by molar-refractivity contribution is -0.881. The van der Waals surface area contributed by atoms with Gasteiger partial charge in [-0.05, 0) is 254 Å². The van der Waals surface area contributed by atoms with Crippen molar-refractivity contribution < 1.29 is 56.9 Å². The van der Waals surface area contributed by atoms with Gasteiger partial charge < -0.3 is 56.9 Å². The van der Waals surface area contributed by atoms with E-state index in [0.717, 1.165) is 4.48 Å². The predicted octanol–water partition coefficient (Wildman–Crippen LogP) is 5.81. The summed E-state index contributed by atoms with van der Waals surface area (Å²) >= 11 is 0. The van der Waals surface area contributed by atoms with Crippen LogP contribution >= 0.6 is 0 Å². The molecule has 0 aromatic heterocycles. The molecule has 0 amide bonds. The quantitative estimate of drug-likeness (QED) is 0.102. The normalized spacial score (nSPS) is 42.1. The van der Waals surface area contributed by atoms with Crippen molar-refractivity contribution in [2.45, 2.75) is 65.1 Å². The average Bonchev–Trinajstić information content (AvgIpc) is 4.35. The van der Waals surface area contributed by atoms with Gasteiger partial charge in [-0.2, -0.15) is 0 Å². The van der Waals surface area contributed by atoms with E-state index in [9.17, 15) is 0 Å². The maximum Gasteiger partial charge on any atom is 0.0934 e. The van der Waals surface area contributed by atoms with Gasteiger partial charge in [0.2, 0.25) is 0 Å². The lowest BCUT2D eigenvalue weighted by Gasteiger charge is -2.74. The molecule has 326 valence electrons. The standard InChI is InChI=1S/C67H34N2.2HI/c1-12-17-13-6-14-19-42-18(13)57-47-21(17)32-38-30-35-27-25-24-23-22-20-15-7-64(55(12)46(32)48-36(30)28(27)33(23)44(20)58(48)64)67(15)16-8-68(2,3)9-63(14,16)56-43(19)41-31-37-29(26(24)39-40(31)54(56)62(67)45(22)39)34(25)49-50(35)61(52(38)47)66-11-69(4,5)10-65(57,66)59(42)53(41)51(37)60(49)66;;/h6,12,16-17,21,53,55,59,62H,7-11H2,1-5H3;2*1H/q+2;;/p-2. The highest BCUT2D eigenvalue weighted by atomic mass is 127. The molecule has 2 aliphatic heterocycles. The Hall–Kier alpha value is -4.34. The minimum Gasteiger partial charge on any atom is -1.00 e. The molecule has 2 saturated heterocycles. The highest BCUT2D eigenvalue weighted by Gasteiger charge is 2.90. The molecule has 0 radical (unpaired) electrons. The Morgan fingerprint density at radius 3 is 2.01 bits per heavy atom. The summed E-state index contributed by atoms with van der Waals surface area (Å²) in [4.78, 5) is 0. The Kier molecular flexibility index (Phi) is 3.21. The van der Waals surface area contributed by atoms with Crippen LogP contribution in [0.5, 0.6) is 0 Å². The van der Waals surface area contributed by atoms with Crippen molar-refractivity contribution in [1.29, 1.82) is 0 Å². The van der Waals surface area contributed by atoms with Crippen LogP contribution in [0.25, 0.3) is 146 Å². The maximum atomic E-state index is 3.16. The molecule has 0 N–H and O–H groups in total. The SMILES string of the molecule is CC1C2c3cc4c5c6c3C3=C7c8c9c%10c%11c%12c%13c%14c%15c(c-5c5c%16c%15c%15c%17c%18c%19c%20c%21c%22c(c(c8c8c%22c%22c%20c%18c%18c%15c%14c%11c%18c%22c%108)C72)C1C%211CC=%19C1(C%16%17)C1C[N+](C)(C)CC451)C%13C6C31C[N+](C)(C)CC9%121.[I-].[I-]. The molecule has 16 aliphatic carbocycles. The van der Waals surface area contributed by atoms with Crippen LogP contribution in [0.4, 0.5) is 0 Å². The second kappa shape index (κ2) is 7.10. The summed E-state index contributed by atoms with van der Waals surface area (Å²) in [7, 11) is 10.9. The van der Waals surface area contributed by atoms with E-state index in [0.29, 0.717) is 47.3 Å². The van der Waals surface area contributed by atoms with Gasteiger partial charge in [0.15, 0.2) is 0 Å². The number of quaternary nitrogens is 2. The number of hydrogen-bond acceptors (Lipinski definition) is 0. The van der Waals surface area contributed by atoms with Crippen LogP contribution in [0, 0.1) is 22.7 Å². The Balaban J connectivity index is 0.00000163. The Morgan fingerprint density at radius 1 is 0.493 bits per heavy atom. The lowest BCUT2D eigenvalue weighted by Crippen LogP contribution is -3.00. The number of rotatable bonds is 0. The van der Waals surface area contributed by atoms with Crippen molar-refractivity contribution in [3.05, 3.63) is 94.7 Å². The van der Waals surface area contributed by atoms with Gasteiger partial charge in [-0.1, -0.05) is 18.6 Å². The fourth-order valence-corrected chi connectivity index (χ4v) is 30.8. The molecule has 18 aliphatic rings. The zero-order valence-corrected chi connectivity index (χ0v) is 43.7. The molecule has 2 nitrogen and oxygen atoms in total. The third-order valence-corrected chi connectivity index (χ3v) is 29.5. The van der Waals surface area contributed by atoms with E-state index < -0.39 is 0 Å². The minimum absolute atomic E-state index is 0. The summed E-state index contributed by atoms with van der Waals surface area (Å²) in [5.41, 5.74) is 39.1. The number of likely N-dealkylation sites (tertiary alicyclic amines) is 2. The van der Waals surface area contributed by atoms with E-state index >= 15 is 0 Å². The molecule has 1 saturated carbocycles. The zero-order chi connectivity index (χ0) is 42.2. The van der Waals surface area contributed by atoms with Gasteiger partial charge in [0, 0.05) is 40.4 Å². The van der Waals surface area contributed by atoms with Crippen LogP contribution < -0.4 is 53.2 Å². The van der Waals surface area contributed by atoms with Crippen molar-refractivity contribution in [2.24, 2.45) is 22.7 Å². The molecule has 13 aromatic carbocycles. The molecule has 5 spiro atoms. The van der Waals surface area contributed by atoms with Crippen molar-refractivity contribution in [3.63, 3.8) is 0 Å². The number of hydrogen-bond donors (Lipinski definition) is 0. The van der Waals surface area contributed by atoms with Gasteiger partial charge in [-0.15, -0.1) is 0 Å². The number of halogens is 2. The maximum absolute atomic E-state index is 3.16. The monoisotopic (exact) mass is 1120 g/mol. The predicted molar refractivity (Wildman–Crippen MR) is 272 cm³/mol. The summed E-state index contributed by atoms with van der Waals surface area (Å²) in [6.45, 7) is 8.11. The first-order valence-electron chi connectivity index (χ1n) is 27.8. The molecule has 4 bridgehead atoms. The van der Waals surface area contributed by atoms with Crippen LogP contribution in [-0.4, -0.2) is 63.3 Å². The molecule has 2 heterocycles. The van der Waals surface area contributed by atoms with E-state index in [1.54, 1.807) is 59.2 Å². The van der Waals surface area contributed by atoms with Gasteiger partial charge in [0.05, 0.1) is 70.6 Å². The van der Waals surface area contributed by atoms with Crippen molar-refractivity contribution in [2.75, 3.05) is 54.4 Å². The van der Waals surface area contributed by atoms with Crippen LogP contribution in [0.15, 0.2) is 6.07 Å². The topological polar surface area (TPSA) is 0 Å². The molecule has 71 heavy (non-hydrogen) atoms. The van der Waals surface area contributed by atoms with Gasteiger partial charge in [0.1, 0.15) is 0 Å². The molecule has 3 fully saturated rings. The first kappa shape index (κ1) is 32.1. The third kappa shape index (κ3) is 1.75. The van der Waals surface area contributed by atoms with Crippen molar-refractivity contribution >= 4 is 135 Å². The Bertz CT molecular complexity index is 5800.